The summed E-state index contributed by atoms with van der Waals surface area (Å²) in [5.41, 5.74) is 2.12. The molecule has 1 amide bonds. The standard InChI is InChI=1S/C18H25N5O/c24-17(14-5-4-6-15-16(14)21-13-20-15)22-18(7-2-1-3-8-18)23-11-9-19-10-12-23/h4-6,13,19H,1-3,7-12H2,(H,20,21)(H,22,24). The highest BCUT2D eigenvalue weighted by atomic mass is 16.2. The van der Waals surface area contributed by atoms with Crippen molar-refractivity contribution in [3.05, 3.63) is 30.1 Å². The lowest BCUT2D eigenvalue weighted by molar-refractivity contribution is 0.0116. The Morgan fingerprint density at radius 1 is 1.17 bits per heavy atom. The molecule has 6 nitrogen and oxygen atoms in total. The number of benzene rings is 1. The fourth-order valence-corrected chi connectivity index (χ4v) is 4.18. The maximum absolute atomic E-state index is 13.1. The summed E-state index contributed by atoms with van der Waals surface area (Å²) in [6.45, 7) is 3.97. The van der Waals surface area contributed by atoms with Gasteiger partial charge in [0.05, 0.1) is 23.1 Å². The summed E-state index contributed by atoms with van der Waals surface area (Å²) in [7, 11) is 0. The molecule has 1 aromatic carbocycles. The first kappa shape index (κ1) is 15.6. The molecule has 2 aliphatic rings. The molecular formula is C18H25N5O. The van der Waals surface area contributed by atoms with Crippen LogP contribution in [0.2, 0.25) is 0 Å². The Hall–Kier alpha value is -1.92. The van der Waals surface area contributed by atoms with Gasteiger partial charge < -0.3 is 15.6 Å². The van der Waals surface area contributed by atoms with Crippen molar-refractivity contribution in [2.75, 3.05) is 26.2 Å². The smallest absolute Gasteiger partial charge is 0.254 e. The fourth-order valence-electron chi connectivity index (χ4n) is 4.18. The van der Waals surface area contributed by atoms with Gasteiger partial charge >= 0.3 is 0 Å². The first-order valence-corrected chi connectivity index (χ1v) is 8.99. The summed E-state index contributed by atoms with van der Waals surface area (Å²) in [6.07, 6.45) is 7.34. The van der Waals surface area contributed by atoms with Gasteiger partial charge in [0, 0.05) is 26.2 Å². The number of nitrogens with zero attached hydrogens (tertiary/aromatic N) is 2. The monoisotopic (exact) mass is 327 g/mol. The van der Waals surface area contributed by atoms with Gasteiger partial charge in [-0.25, -0.2) is 4.98 Å². The number of rotatable bonds is 3. The van der Waals surface area contributed by atoms with Gasteiger partial charge in [0.2, 0.25) is 0 Å². The van der Waals surface area contributed by atoms with E-state index in [9.17, 15) is 4.79 Å². The number of hydrogen-bond donors (Lipinski definition) is 3. The number of fused-ring (bicyclic) bond motifs is 1. The number of amides is 1. The maximum atomic E-state index is 13.1. The van der Waals surface area contributed by atoms with E-state index < -0.39 is 0 Å². The molecule has 2 heterocycles. The van der Waals surface area contributed by atoms with Crippen molar-refractivity contribution in [2.45, 2.75) is 37.8 Å². The van der Waals surface area contributed by atoms with Crippen LogP contribution in [-0.2, 0) is 0 Å². The molecule has 1 saturated carbocycles. The fraction of sp³-hybridized carbons (Fsp3) is 0.556. The van der Waals surface area contributed by atoms with Crippen LogP contribution in [-0.4, -0.2) is 52.6 Å². The van der Waals surface area contributed by atoms with Gasteiger partial charge in [-0.15, -0.1) is 0 Å². The molecule has 0 unspecified atom stereocenters. The highest BCUT2D eigenvalue weighted by molar-refractivity contribution is 6.05. The second kappa shape index (κ2) is 6.53. The normalized spacial score (nSPS) is 21.7. The van der Waals surface area contributed by atoms with E-state index in [1.807, 2.05) is 18.2 Å². The van der Waals surface area contributed by atoms with Crippen molar-refractivity contribution in [1.82, 2.24) is 25.5 Å². The largest absolute Gasteiger partial charge is 0.345 e. The molecule has 0 radical (unpaired) electrons. The molecule has 1 aromatic heterocycles. The highest BCUT2D eigenvalue weighted by Crippen LogP contribution is 2.32. The molecular weight excluding hydrogens is 302 g/mol. The first-order valence-electron chi connectivity index (χ1n) is 8.99. The predicted octanol–water partition coefficient (Wildman–Crippen LogP) is 1.86. The molecule has 128 valence electrons. The highest BCUT2D eigenvalue weighted by Gasteiger charge is 2.40. The number of carbonyl (C=O) groups excluding carboxylic acids is 1. The van der Waals surface area contributed by atoms with Crippen molar-refractivity contribution in [3.63, 3.8) is 0 Å². The maximum Gasteiger partial charge on any atom is 0.254 e. The van der Waals surface area contributed by atoms with Gasteiger partial charge in [0.1, 0.15) is 5.52 Å². The minimum absolute atomic E-state index is 0.00636. The third kappa shape index (κ3) is 2.80. The summed E-state index contributed by atoms with van der Waals surface area (Å²) in [5.74, 6) is -0.00636. The van der Waals surface area contributed by atoms with E-state index in [4.69, 9.17) is 0 Å². The van der Waals surface area contributed by atoms with Crippen LogP contribution in [0.5, 0.6) is 0 Å². The lowest BCUT2D eigenvalue weighted by Gasteiger charge is -2.48. The van der Waals surface area contributed by atoms with E-state index in [0.717, 1.165) is 50.1 Å². The van der Waals surface area contributed by atoms with Gasteiger partial charge in [-0.3, -0.25) is 9.69 Å². The SMILES string of the molecule is O=C(NC1(N2CCNCC2)CCCCC1)c1cccc2[nH]cnc12. The van der Waals surface area contributed by atoms with Crippen molar-refractivity contribution >= 4 is 16.9 Å². The first-order chi connectivity index (χ1) is 11.8. The number of carbonyl (C=O) groups is 1. The van der Waals surface area contributed by atoms with Gasteiger partial charge in [-0.05, 0) is 37.8 Å². The summed E-state index contributed by atoms with van der Waals surface area (Å²) < 4.78 is 0. The van der Waals surface area contributed by atoms with Crippen LogP contribution in [0, 0.1) is 0 Å². The van der Waals surface area contributed by atoms with Gasteiger partial charge in [-0.2, -0.15) is 0 Å². The van der Waals surface area contributed by atoms with Gasteiger partial charge in [0.25, 0.3) is 5.91 Å². The lowest BCUT2D eigenvalue weighted by Crippen LogP contribution is -2.65. The zero-order valence-electron chi connectivity index (χ0n) is 14.0. The molecule has 4 rings (SSSR count). The van der Waals surface area contributed by atoms with E-state index in [2.05, 4.69) is 25.5 Å². The Morgan fingerprint density at radius 2 is 1.96 bits per heavy atom. The molecule has 0 bridgehead atoms. The zero-order chi connectivity index (χ0) is 16.4. The van der Waals surface area contributed by atoms with Crippen molar-refractivity contribution in [1.29, 1.82) is 0 Å². The Kier molecular flexibility index (Phi) is 4.24. The van der Waals surface area contributed by atoms with E-state index in [-0.39, 0.29) is 11.6 Å². The molecule has 1 saturated heterocycles. The Bertz CT molecular complexity index is 713. The summed E-state index contributed by atoms with van der Waals surface area (Å²) in [4.78, 5) is 23.0. The number of aromatic nitrogens is 2. The predicted molar refractivity (Wildman–Crippen MR) is 93.8 cm³/mol. The minimum Gasteiger partial charge on any atom is -0.345 e. The average Bonchev–Trinajstić information content (AvgIpc) is 3.12. The van der Waals surface area contributed by atoms with Crippen LogP contribution >= 0.6 is 0 Å². The quantitative estimate of drug-likeness (QED) is 0.804. The number of piperazine rings is 1. The van der Waals surface area contributed by atoms with Gasteiger partial charge in [-0.1, -0.05) is 12.5 Å². The van der Waals surface area contributed by atoms with E-state index in [1.54, 1.807) is 6.33 Å². The number of nitrogens with one attached hydrogen (secondary N) is 3. The molecule has 1 aliphatic heterocycles. The van der Waals surface area contributed by atoms with Crippen LogP contribution < -0.4 is 10.6 Å². The molecule has 6 heteroatoms. The van der Waals surface area contributed by atoms with Gasteiger partial charge in [0.15, 0.2) is 0 Å². The number of para-hydroxylation sites is 1. The summed E-state index contributed by atoms with van der Waals surface area (Å²) >= 11 is 0. The topological polar surface area (TPSA) is 73.1 Å². The number of H-pyrrole nitrogens is 1. The Morgan fingerprint density at radius 3 is 2.75 bits per heavy atom. The average molecular weight is 327 g/mol. The van der Waals surface area contributed by atoms with Crippen molar-refractivity contribution in [3.8, 4) is 0 Å². The Labute approximate surface area is 142 Å². The Balaban J connectivity index is 1.62. The van der Waals surface area contributed by atoms with Crippen LogP contribution in [0.15, 0.2) is 24.5 Å². The summed E-state index contributed by atoms with van der Waals surface area (Å²) in [6, 6.07) is 5.73. The van der Waals surface area contributed by atoms with E-state index >= 15 is 0 Å². The van der Waals surface area contributed by atoms with Crippen LogP contribution in [0.25, 0.3) is 11.0 Å². The number of hydrogen-bond acceptors (Lipinski definition) is 4. The van der Waals surface area contributed by atoms with Crippen LogP contribution in [0.4, 0.5) is 0 Å². The summed E-state index contributed by atoms with van der Waals surface area (Å²) in [5, 5.41) is 6.81. The van der Waals surface area contributed by atoms with E-state index in [0.29, 0.717) is 5.56 Å². The lowest BCUT2D eigenvalue weighted by atomic mass is 9.86. The number of aromatic amines is 1. The molecule has 2 aromatic rings. The van der Waals surface area contributed by atoms with Crippen LogP contribution in [0.1, 0.15) is 42.5 Å². The molecule has 0 spiro atoms. The van der Waals surface area contributed by atoms with Crippen molar-refractivity contribution < 1.29 is 4.79 Å². The number of imidazole rings is 1. The second-order valence-corrected chi connectivity index (χ2v) is 6.89. The third-order valence-corrected chi connectivity index (χ3v) is 5.44. The molecule has 1 aliphatic carbocycles. The molecule has 0 atom stereocenters. The van der Waals surface area contributed by atoms with Crippen molar-refractivity contribution in [2.24, 2.45) is 0 Å². The minimum atomic E-state index is -0.199. The molecule has 2 fully saturated rings. The molecule has 24 heavy (non-hydrogen) atoms. The van der Waals surface area contributed by atoms with E-state index in [1.165, 1.54) is 19.3 Å². The molecule has 3 N–H and O–H groups in total. The van der Waals surface area contributed by atoms with Crippen LogP contribution in [0.3, 0.4) is 0 Å². The zero-order valence-corrected chi connectivity index (χ0v) is 14.0. The second-order valence-electron chi connectivity index (χ2n) is 6.89. The third-order valence-electron chi connectivity index (χ3n) is 5.44.